The van der Waals surface area contributed by atoms with Gasteiger partial charge in [-0.05, 0) is 48.9 Å². The molecule has 3 aromatic rings. The van der Waals surface area contributed by atoms with Crippen LogP contribution in [0.4, 0.5) is 17.6 Å². The highest BCUT2D eigenvalue weighted by molar-refractivity contribution is 5.92. The van der Waals surface area contributed by atoms with Crippen LogP contribution in [0, 0.1) is 13.8 Å². The van der Waals surface area contributed by atoms with Crippen molar-refractivity contribution in [2.45, 2.75) is 32.9 Å². The number of benzene rings is 2. The predicted molar refractivity (Wildman–Crippen MR) is 102 cm³/mol. The first-order valence-electron chi connectivity index (χ1n) is 9.08. The van der Waals surface area contributed by atoms with Crippen molar-refractivity contribution >= 4 is 5.91 Å². The van der Waals surface area contributed by atoms with Crippen LogP contribution in [-0.4, -0.2) is 23.4 Å². The minimum absolute atomic E-state index is 0.163. The summed E-state index contributed by atoms with van der Waals surface area (Å²) in [7, 11) is 0. The van der Waals surface area contributed by atoms with E-state index in [9.17, 15) is 22.4 Å². The van der Waals surface area contributed by atoms with Crippen molar-refractivity contribution in [2.75, 3.05) is 0 Å². The van der Waals surface area contributed by atoms with Gasteiger partial charge in [0.2, 0.25) is 5.76 Å². The fraction of sp³-hybridized carbons (Fsp3) is 0.238. The topological polar surface area (TPSA) is 73.6 Å². The van der Waals surface area contributed by atoms with E-state index in [2.05, 4.69) is 15.0 Å². The SMILES string of the molecule is Cc1nc(C)c(C(=O)NCc2ccc(Oc3ccc(OC(F)(F)C(F)F)cc3)cc2)o1. The van der Waals surface area contributed by atoms with Crippen molar-refractivity contribution in [2.24, 2.45) is 0 Å². The summed E-state index contributed by atoms with van der Waals surface area (Å²) in [6.45, 7) is 3.59. The van der Waals surface area contributed by atoms with E-state index in [1.54, 1.807) is 38.1 Å². The first-order valence-corrected chi connectivity index (χ1v) is 9.08. The molecule has 1 aromatic heterocycles. The molecule has 0 aliphatic heterocycles. The van der Waals surface area contributed by atoms with Gasteiger partial charge in [-0.1, -0.05) is 12.1 Å². The van der Waals surface area contributed by atoms with Crippen LogP contribution in [0.25, 0.3) is 0 Å². The smallest absolute Gasteiger partial charge is 0.457 e. The number of nitrogens with zero attached hydrogens (tertiary/aromatic N) is 1. The lowest BCUT2D eigenvalue weighted by molar-refractivity contribution is -0.253. The average Bonchev–Trinajstić information content (AvgIpc) is 3.06. The third-order valence-corrected chi connectivity index (χ3v) is 4.05. The number of amides is 1. The monoisotopic (exact) mass is 438 g/mol. The largest absolute Gasteiger partial charge is 0.461 e. The lowest BCUT2D eigenvalue weighted by Crippen LogP contribution is -2.33. The quantitative estimate of drug-likeness (QED) is 0.487. The van der Waals surface area contributed by atoms with Gasteiger partial charge in [0.1, 0.15) is 17.2 Å². The van der Waals surface area contributed by atoms with Crippen LogP contribution < -0.4 is 14.8 Å². The van der Waals surface area contributed by atoms with Gasteiger partial charge in [-0.25, -0.2) is 4.98 Å². The van der Waals surface area contributed by atoms with Crippen LogP contribution in [0.3, 0.4) is 0 Å². The van der Waals surface area contributed by atoms with Gasteiger partial charge in [-0.15, -0.1) is 0 Å². The number of alkyl halides is 4. The van der Waals surface area contributed by atoms with Gasteiger partial charge < -0.3 is 19.2 Å². The Balaban J connectivity index is 1.54. The Labute approximate surface area is 174 Å². The summed E-state index contributed by atoms with van der Waals surface area (Å²) in [5.41, 5.74) is 1.31. The Morgan fingerprint density at radius 1 is 1.03 bits per heavy atom. The van der Waals surface area contributed by atoms with E-state index >= 15 is 0 Å². The molecular weight excluding hydrogens is 420 g/mol. The standard InChI is InChI=1S/C21H18F4N2O4/c1-12-18(29-13(2)27-12)19(28)26-11-14-3-5-15(6-4-14)30-16-7-9-17(10-8-16)31-21(24,25)20(22)23/h3-10,20H,11H2,1-2H3,(H,26,28). The summed E-state index contributed by atoms with van der Waals surface area (Å²) in [5.74, 6) is 0.523. The molecule has 0 saturated heterocycles. The summed E-state index contributed by atoms with van der Waals surface area (Å²) >= 11 is 0. The van der Waals surface area contributed by atoms with Crippen molar-refractivity contribution in [3.05, 3.63) is 71.4 Å². The zero-order valence-corrected chi connectivity index (χ0v) is 16.5. The molecule has 0 atom stereocenters. The van der Waals surface area contributed by atoms with Gasteiger partial charge in [0, 0.05) is 13.5 Å². The molecule has 164 valence electrons. The van der Waals surface area contributed by atoms with Crippen molar-refractivity contribution in [1.29, 1.82) is 0 Å². The highest BCUT2D eigenvalue weighted by atomic mass is 19.3. The molecule has 0 spiro atoms. The summed E-state index contributed by atoms with van der Waals surface area (Å²) in [6, 6.07) is 11.6. The van der Waals surface area contributed by atoms with Crippen molar-refractivity contribution in [3.63, 3.8) is 0 Å². The maximum atomic E-state index is 12.9. The van der Waals surface area contributed by atoms with Crippen LogP contribution in [0.5, 0.6) is 17.2 Å². The number of ether oxygens (including phenoxy) is 2. The second-order valence-electron chi connectivity index (χ2n) is 6.51. The second-order valence-corrected chi connectivity index (χ2v) is 6.51. The molecule has 0 aliphatic rings. The molecule has 0 bridgehead atoms. The van der Waals surface area contributed by atoms with E-state index in [0.717, 1.165) is 17.7 Å². The zero-order valence-electron chi connectivity index (χ0n) is 16.5. The summed E-state index contributed by atoms with van der Waals surface area (Å²) < 4.78 is 65.0. The number of carbonyl (C=O) groups excluding carboxylic acids is 1. The van der Waals surface area contributed by atoms with E-state index in [1.807, 2.05) is 0 Å². The van der Waals surface area contributed by atoms with Gasteiger partial charge in [-0.3, -0.25) is 4.79 Å². The molecule has 6 nitrogen and oxygen atoms in total. The van der Waals surface area contributed by atoms with E-state index in [1.165, 1.54) is 12.1 Å². The molecule has 0 radical (unpaired) electrons. The Hall–Kier alpha value is -3.56. The number of rotatable bonds is 8. The molecular formula is C21H18F4N2O4. The van der Waals surface area contributed by atoms with E-state index in [4.69, 9.17) is 9.15 Å². The minimum atomic E-state index is -4.57. The van der Waals surface area contributed by atoms with Crippen molar-refractivity contribution < 1.29 is 36.2 Å². The number of aryl methyl sites for hydroxylation is 2. The number of nitrogens with one attached hydrogen (secondary N) is 1. The van der Waals surface area contributed by atoms with Crippen molar-refractivity contribution in [3.8, 4) is 17.2 Å². The number of hydrogen-bond acceptors (Lipinski definition) is 5. The molecule has 10 heteroatoms. The molecule has 3 rings (SSSR count). The van der Waals surface area contributed by atoms with Crippen LogP contribution in [0.15, 0.2) is 52.9 Å². The molecule has 1 N–H and O–H groups in total. The number of hydrogen-bond donors (Lipinski definition) is 1. The van der Waals surface area contributed by atoms with Gasteiger partial charge in [0.25, 0.3) is 5.91 Å². The van der Waals surface area contributed by atoms with E-state index in [-0.39, 0.29) is 18.2 Å². The number of aromatic nitrogens is 1. The maximum Gasteiger partial charge on any atom is 0.461 e. The van der Waals surface area contributed by atoms with Crippen LogP contribution in [0.2, 0.25) is 0 Å². The second kappa shape index (κ2) is 9.07. The average molecular weight is 438 g/mol. The Bertz CT molecular complexity index is 1030. The van der Waals surface area contributed by atoms with Gasteiger partial charge >= 0.3 is 12.5 Å². The van der Waals surface area contributed by atoms with Crippen molar-refractivity contribution in [1.82, 2.24) is 10.3 Å². The van der Waals surface area contributed by atoms with Crippen LogP contribution >= 0.6 is 0 Å². The third-order valence-electron chi connectivity index (χ3n) is 4.05. The summed E-state index contributed by atoms with van der Waals surface area (Å²) in [5, 5.41) is 2.73. The normalized spacial score (nSPS) is 11.5. The molecule has 0 aliphatic carbocycles. The van der Waals surface area contributed by atoms with Crippen LogP contribution in [-0.2, 0) is 6.54 Å². The number of carbonyl (C=O) groups is 1. The highest BCUT2D eigenvalue weighted by Gasteiger charge is 2.43. The summed E-state index contributed by atoms with van der Waals surface area (Å²) in [6.07, 6.45) is -8.51. The minimum Gasteiger partial charge on any atom is -0.457 e. The van der Waals surface area contributed by atoms with E-state index in [0.29, 0.717) is 23.1 Å². The Kier molecular flexibility index (Phi) is 6.47. The van der Waals surface area contributed by atoms with Gasteiger partial charge in [0.15, 0.2) is 5.89 Å². The Morgan fingerprint density at radius 2 is 1.58 bits per heavy atom. The first-order chi connectivity index (χ1) is 14.6. The number of oxazole rings is 1. The Morgan fingerprint density at radius 3 is 2.10 bits per heavy atom. The zero-order chi connectivity index (χ0) is 22.6. The fourth-order valence-electron chi connectivity index (χ4n) is 2.59. The molecule has 31 heavy (non-hydrogen) atoms. The van der Waals surface area contributed by atoms with Gasteiger partial charge in [-0.2, -0.15) is 17.6 Å². The lowest BCUT2D eigenvalue weighted by atomic mass is 10.2. The fourth-order valence-corrected chi connectivity index (χ4v) is 2.59. The lowest BCUT2D eigenvalue weighted by Gasteiger charge is -2.16. The molecule has 0 fully saturated rings. The first kappa shape index (κ1) is 22.1. The number of halogens is 4. The summed E-state index contributed by atoms with van der Waals surface area (Å²) in [4.78, 5) is 16.2. The molecule has 0 unspecified atom stereocenters. The molecule has 0 saturated carbocycles. The highest BCUT2D eigenvalue weighted by Crippen LogP contribution is 2.30. The third kappa shape index (κ3) is 5.74. The molecule has 2 aromatic carbocycles. The van der Waals surface area contributed by atoms with Crippen LogP contribution in [0.1, 0.15) is 27.7 Å². The van der Waals surface area contributed by atoms with Gasteiger partial charge in [0.05, 0.1) is 5.69 Å². The van der Waals surface area contributed by atoms with E-state index < -0.39 is 18.3 Å². The predicted octanol–water partition coefficient (Wildman–Crippen LogP) is 5.25. The molecule has 1 amide bonds. The maximum absolute atomic E-state index is 12.9. The molecule has 1 heterocycles.